The molecule has 2 rings (SSSR count). The fourth-order valence-corrected chi connectivity index (χ4v) is 1.51. The maximum absolute atomic E-state index is 12.7. The van der Waals surface area contributed by atoms with Gasteiger partial charge < -0.3 is 5.32 Å². The van der Waals surface area contributed by atoms with Crippen LogP contribution in [0.25, 0.3) is 11.4 Å². The molecular formula is C11H11F3N4. The predicted octanol–water partition coefficient (Wildman–Crippen LogP) is 2.54. The molecule has 18 heavy (non-hydrogen) atoms. The van der Waals surface area contributed by atoms with Crippen LogP contribution in [0.3, 0.4) is 0 Å². The van der Waals surface area contributed by atoms with Gasteiger partial charge in [-0.05, 0) is 18.2 Å². The minimum absolute atomic E-state index is 0.158. The average molecular weight is 256 g/mol. The van der Waals surface area contributed by atoms with Gasteiger partial charge in [0.15, 0.2) is 0 Å². The maximum Gasteiger partial charge on any atom is 0.416 e. The quantitative estimate of drug-likeness (QED) is 0.897. The van der Waals surface area contributed by atoms with Gasteiger partial charge in [0, 0.05) is 20.3 Å². The van der Waals surface area contributed by atoms with Gasteiger partial charge in [0.25, 0.3) is 0 Å². The van der Waals surface area contributed by atoms with Crippen molar-refractivity contribution in [2.45, 2.75) is 6.18 Å². The first kappa shape index (κ1) is 12.4. The number of nitrogens with zero attached hydrogens (tertiary/aromatic N) is 3. The van der Waals surface area contributed by atoms with Crippen molar-refractivity contribution >= 4 is 5.82 Å². The van der Waals surface area contributed by atoms with Crippen LogP contribution < -0.4 is 5.32 Å². The van der Waals surface area contributed by atoms with E-state index < -0.39 is 11.7 Å². The number of hydrogen-bond donors (Lipinski definition) is 1. The Kier molecular flexibility index (Phi) is 2.98. The van der Waals surface area contributed by atoms with Crippen molar-refractivity contribution in [3.8, 4) is 11.4 Å². The predicted molar refractivity (Wildman–Crippen MR) is 61.0 cm³/mol. The number of rotatable bonds is 2. The Bertz CT molecular complexity index is 560. The third-order valence-electron chi connectivity index (χ3n) is 2.38. The summed E-state index contributed by atoms with van der Waals surface area (Å²) in [5.41, 5.74) is -0.155. The monoisotopic (exact) mass is 256 g/mol. The highest BCUT2D eigenvalue weighted by Crippen LogP contribution is 2.32. The molecule has 0 atom stereocenters. The Morgan fingerprint density at radius 1 is 1.22 bits per heavy atom. The summed E-state index contributed by atoms with van der Waals surface area (Å²) in [6, 6.07) is 3.57. The van der Waals surface area contributed by atoms with Crippen molar-refractivity contribution in [2.24, 2.45) is 7.05 Å². The molecule has 0 bridgehead atoms. The highest BCUT2D eigenvalue weighted by Gasteiger charge is 2.31. The third-order valence-corrected chi connectivity index (χ3v) is 2.38. The first-order valence-corrected chi connectivity index (χ1v) is 5.17. The van der Waals surface area contributed by atoms with Gasteiger partial charge in [0.05, 0.1) is 11.3 Å². The van der Waals surface area contributed by atoms with Gasteiger partial charge in [-0.25, -0.2) is 4.98 Å². The topological polar surface area (TPSA) is 42.7 Å². The number of pyridine rings is 1. The highest BCUT2D eigenvalue weighted by atomic mass is 19.4. The number of nitrogens with one attached hydrogen (secondary N) is 1. The second kappa shape index (κ2) is 4.32. The standard InChI is InChI=1S/C11H11F3N4/c1-15-10-6-7(11(12,13)14)5-9(16-10)8-3-4-18(2)17-8/h3-6H,1-2H3,(H,15,16). The van der Waals surface area contributed by atoms with Crippen molar-refractivity contribution < 1.29 is 13.2 Å². The molecule has 96 valence electrons. The molecule has 2 heterocycles. The molecule has 0 aliphatic rings. The molecule has 0 fully saturated rings. The van der Waals surface area contributed by atoms with Crippen molar-refractivity contribution in [1.82, 2.24) is 14.8 Å². The van der Waals surface area contributed by atoms with Gasteiger partial charge >= 0.3 is 6.18 Å². The molecule has 0 unspecified atom stereocenters. The van der Waals surface area contributed by atoms with Crippen LogP contribution in [0.4, 0.5) is 19.0 Å². The van der Waals surface area contributed by atoms with E-state index in [2.05, 4.69) is 15.4 Å². The Morgan fingerprint density at radius 3 is 2.44 bits per heavy atom. The second-order valence-corrected chi connectivity index (χ2v) is 3.75. The van der Waals surface area contributed by atoms with Crippen molar-refractivity contribution in [3.63, 3.8) is 0 Å². The molecular weight excluding hydrogens is 245 g/mol. The molecule has 0 spiro atoms. The van der Waals surface area contributed by atoms with Gasteiger partial charge in [-0.2, -0.15) is 18.3 Å². The van der Waals surface area contributed by atoms with E-state index in [0.717, 1.165) is 12.1 Å². The summed E-state index contributed by atoms with van der Waals surface area (Å²) in [5.74, 6) is 0.158. The van der Waals surface area contributed by atoms with Crippen LogP contribution >= 0.6 is 0 Å². The van der Waals surface area contributed by atoms with Crippen LogP contribution in [0.2, 0.25) is 0 Å². The maximum atomic E-state index is 12.7. The smallest absolute Gasteiger partial charge is 0.373 e. The zero-order valence-corrected chi connectivity index (χ0v) is 9.78. The summed E-state index contributed by atoms with van der Waals surface area (Å²) in [5, 5.41) is 6.65. The first-order chi connectivity index (χ1) is 8.40. The normalized spacial score (nSPS) is 11.6. The zero-order valence-electron chi connectivity index (χ0n) is 9.78. The Balaban J connectivity index is 2.54. The molecule has 1 N–H and O–H groups in total. The fraction of sp³-hybridized carbons (Fsp3) is 0.273. The van der Waals surface area contributed by atoms with Gasteiger partial charge in [-0.3, -0.25) is 4.68 Å². The van der Waals surface area contributed by atoms with Gasteiger partial charge in [-0.15, -0.1) is 0 Å². The van der Waals surface area contributed by atoms with Crippen LogP contribution in [0.1, 0.15) is 5.56 Å². The first-order valence-electron chi connectivity index (χ1n) is 5.17. The Morgan fingerprint density at radius 2 is 1.94 bits per heavy atom. The molecule has 0 saturated heterocycles. The largest absolute Gasteiger partial charge is 0.416 e. The minimum Gasteiger partial charge on any atom is -0.373 e. The SMILES string of the molecule is CNc1cc(C(F)(F)F)cc(-c2ccn(C)n2)n1. The van der Waals surface area contributed by atoms with Gasteiger partial charge in [0.1, 0.15) is 11.5 Å². The number of halogens is 3. The van der Waals surface area contributed by atoms with E-state index in [1.54, 1.807) is 19.3 Å². The lowest BCUT2D eigenvalue weighted by atomic mass is 10.2. The molecule has 2 aromatic rings. The average Bonchev–Trinajstić information content (AvgIpc) is 2.74. The van der Waals surface area contributed by atoms with E-state index in [1.807, 2.05) is 0 Å². The summed E-state index contributed by atoms with van der Waals surface area (Å²) >= 11 is 0. The lowest BCUT2D eigenvalue weighted by Crippen LogP contribution is -2.07. The summed E-state index contributed by atoms with van der Waals surface area (Å²) in [6.07, 6.45) is -2.76. The highest BCUT2D eigenvalue weighted by molar-refractivity contribution is 5.58. The van der Waals surface area contributed by atoms with E-state index in [9.17, 15) is 13.2 Å². The number of hydrogen-bond acceptors (Lipinski definition) is 3. The minimum atomic E-state index is -4.40. The van der Waals surface area contributed by atoms with Crippen LogP contribution in [0.15, 0.2) is 24.4 Å². The zero-order chi connectivity index (χ0) is 13.3. The number of aromatic nitrogens is 3. The van der Waals surface area contributed by atoms with Crippen molar-refractivity contribution in [3.05, 3.63) is 30.0 Å². The summed E-state index contributed by atoms with van der Waals surface area (Å²) < 4.78 is 39.7. The summed E-state index contributed by atoms with van der Waals surface area (Å²) in [7, 11) is 3.21. The molecule has 0 aliphatic carbocycles. The number of anilines is 1. The summed E-state index contributed by atoms with van der Waals surface area (Å²) in [4.78, 5) is 4.06. The van der Waals surface area contributed by atoms with Gasteiger partial charge in [0.2, 0.25) is 0 Å². The van der Waals surface area contributed by atoms with E-state index in [1.165, 1.54) is 11.7 Å². The lowest BCUT2D eigenvalue weighted by molar-refractivity contribution is -0.137. The van der Waals surface area contributed by atoms with E-state index >= 15 is 0 Å². The Hall–Kier alpha value is -2.05. The fourth-order valence-electron chi connectivity index (χ4n) is 1.51. The van der Waals surface area contributed by atoms with Crippen LogP contribution in [-0.4, -0.2) is 21.8 Å². The molecule has 0 radical (unpaired) electrons. The van der Waals surface area contributed by atoms with Crippen LogP contribution in [0, 0.1) is 0 Å². The molecule has 0 saturated carbocycles. The van der Waals surface area contributed by atoms with Crippen molar-refractivity contribution in [1.29, 1.82) is 0 Å². The molecule has 0 aliphatic heterocycles. The van der Waals surface area contributed by atoms with Crippen LogP contribution in [-0.2, 0) is 13.2 Å². The molecule has 0 amide bonds. The number of aryl methyl sites for hydroxylation is 1. The van der Waals surface area contributed by atoms with E-state index in [4.69, 9.17) is 0 Å². The Labute approximate surface area is 101 Å². The van der Waals surface area contributed by atoms with Crippen molar-refractivity contribution in [2.75, 3.05) is 12.4 Å². The molecule has 7 heteroatoms. The molecule has 2 aromatic heterocycles. The summed E-state index contributed by atoms with van der Waals surface area (Å²) in [6.45, 7) is 0. The lowest BCUT2D eigenvalue weighted by Gasteiger charge is -2.10. The van der Waals surface area contributed by atoms with Gasteiger partial charge in [-0.1, -0.05) is 0 Å². The molecule has 0 aromatic carbocycles. The second-order valence-electron chi connectivity index (χ2n) is 3.75. The molecule has 4 nitrogen and oxygen atoms in total. The van der Waals surface area contributed by atoms with E-state index in [-0.39, 0.29) is 11.5 Å². The third kappa shape index (κ3) is 2.44. The van der Waals surface area contributed by atoms with Crippen LogP contribution in [0.5, 0.6) is 0 Å². The van der Waals surface area contributed by atoms with E-state index in [0.29, 0.717) is 5.69 Å². The number of alkyl halides is 3.